The van der Waals surface area contributed by atoms with Crippen LogP contribution in [0.1, 0.15) is 40.8 Å². The maximum atomic E-state index is 13.9. The lowest BCUT2D eigenvalue weighted by molar-refractivity contribution is -0.122. The van der Waals surface area contributed by atoms with E-state index in [-0.39, 0.29) is 36.2 Å². The van der Waals surface area contributed by atoms with Crippen LogP contribution in [0.15, 0.2) is 66.7 Å². The van der Waals surface area contributed by atoms with Crippen molar-refractivity contribution in [2.24, 2.45) is 0 Å². The Morgan fingerprint density at radius 2 is 1.85 bits per heavy atom. The third-order valence-corrected chi connectivity index (χ3v) is 8.54. The van der Waals surface area contributed by atoms with Gasteiger partial charge in [0.25, 0.3) is 0 Å². The summed E-state index contributed by atoms with van der Waals surface area (Å²) in [5.41, 5.74) is 6.57. The number of ether oxygens (including phenoxy) is 2. The molecular weight excluding hydrogens is 536 g/mol. The topological polar surface area (TPSA) is 85.7 Å². The zero-order chi connectivity index (χ0) is 28.5. The molecule has 2 aliphatic rings. The van der Waals surface area contributed by atoms with Crippen LogP contribution < -0.4 is 19.7 Å². The van der Waals surface area contributed by atoms with Gasteiger partial charge in [-0.05, 0) is 49.6 Å². The van der Waals surface area contributed by atoms with E-state index in [0.717, 1.165) is 45.6 Å². The molecule has 2 amide bonds. The average molecular weight is 569 g/mol. The predicted molar refractivity (Wildman–Crippen MR) is 161 cm³/mol. The van der Waals surface area contributed by atoms with E-state index in [0.29, 0.717) is 23.9 Å². The van der Waals surface area contributed by atoms with E-state index in [2.05, 4.69) is 18.3 Å². The number of aromatic nitrogens is 2. The smallest absolute Gasteiger partial charge is 0.240 e. The van der Waals surface area contributed by atoms with E-state index in [9.17, 15) is 9.59 Å². The molecule has 9 heteroatoms. The third-order valence-electron chi connectivity index (χ3n) is 7.29. The molecular formula is C32H32N4O4S. The highest BCUT2D eigenvalue weighted by molar-refractivity contribution is 8.00. The van der Waals surface area contributed by atoms with Crippen LogP contribution in [0.2, 0.25) is 0 Å². The molecule has 4 aromatic rings. The van der Waals surface area contributed by atoms with Gasteiger partial charge in [-0.25, -0.2) is 4.68 Å². The normalized spacial score (nSPS) is 15.9. The number of anilines is 1. The molecule has 1 aromatic heterocycles. The lowest BCUT2D eigenvalue weighted by Gasteiger charge is -2.24. The number of aryl methyl sites for hydroxylation is 2. The van der Waals surface area contributed by atoms with Crippen molar-refractivity contribution in [1.82, 2.24) is 15.1 Å². The van der Waals surface area contributed by atoms with Crippen molar-refractivity contribution in [2.75, 3.05) is 30.5 Å². The fraction of sp³-hybridized carbons (Fsp3) is 0.281. The number of fused-ring (bicyclic) bond motifs is 2. The Balaban J connectivity index is 1.62. The minimum atomic E-state index is -0.248. The molecule has 0 fully saturated rings. The number of nitrogens with zero attached hydrogens (tertiary/aromatic N) is 3. The number of amides is 2. The second-order valence-corrected chi connectivity index (χ2v) is 11.4. The summed E-state index contributed by atoms with van der Waals surface area (Å²) in [6.07, 6.45) is 0.811. The molecule has 0 saturated heterocycles. The lowest BCUT2D eigenvalue weighted by Crippen LogP contribution is -2.42. The van der Waals surface area contributed by atoms with Gasteiger partial charge in [-0.2, -0.15) is 5.10 Å². The van der Waals surface area contributed by atoms with E-state index in [1.54, 1.807) is 4.90 Å². The van der Waals surface area contributed by atoms with Crippen molar-refractivity contribution in [3.8, 4) is 28.4 Å². The summed E-state index contributed by atoms with van der Waals surface area (Å²) in [7, 11) is 0. The van der Waals surface area contributed by atoms with Gasteiger partial charge < -0.3 is 14.8 Å². The first-order chi connectivity index (χ1) is 19.9. The summed E-state index contributed by atoms with van der Waals surface area (Å²) in [5, 5.41) is 7.88. The number of rotatable bonds is 7. The molecule has 210 valence electrons. The van der Waals surface area contributed by atoms with Crippen molar-refractivity contribution in [3.05, 3.63) is 89.0 Å². The van der Waals surface area contributed by atoms with Gasteiger partial charge in [-0.3, -0.25) is 14.5 Å². The van der Waals surface area contributed by atoms with Crippen LogP contribution >= 0.6 is 11.8 Å². The van der Waals surface area contributed by atoms with E-state index in [1.807, 2.05) is 79.2 Å². The fourth-order valence-electron chi connectivity index (χ4n) is 5.34. The third kappa shape index (κ3) is 5.17. The second kappa shape index (κ2) is 11.3. The van der Waals surface area contributed by atoms with Crippen LogP contribution in [0.5, 0.6) is 11.5 Å². The standard InChI is InChI=1S/C32H32N4O4S/c1-4-14-33-27(37)17-35-28(38)18-41-31(23-11-13-25-26(16-23)40-19-39-25)29-30(22-8-6-5-7-9-22)34-36(32(29)35)24-12-10-20(2)15-21(24)3/h5-13,15-16,31H,4,14,17-19H2,1-3H3,(H,33,37)/t31-/m1/s1. The average Bonchev–Trinajstić information content (AvgIpc) is 3.57. The zero-order valence-electron chi connectivity index (χ0n) is 23.3. The van der Waals surface area contributed by atoms with Gasteiger partial charge in [0.15, 0.2) is 11.5 Å². The molecule has 1 N–H and O–H groups in total. The monoisotopic (exact) mass is 568 g/mol. The van der Waals surface area contributed by atoms with Gasteiger partial charge in [0.05, 0.1) is 22.4 Å². The Labute approximate surface area is 243 Å². The lowest BCUT2D eigenvalue weighted by atomic mass is 9.99. The molecule has 6 rings (SSSR count). The summed E-state index contributed by atoms with van der Waals surface area (Å²) < 4.78 is 13.1. The van der Waals surface area contributed by atoms with Gasteiger partial charge in [-0.1, -0.05) is 61.0 Å². The Morgan fingerprint density at radius 3 is 2.63 bits per heavy atom. The van der Waals surface area contributed by atoms with Crippen LogP contribution in [0.3, 0.4) is 0 Å². The van der Waals surface area contributed by atoms with Crippen molar-refractivity contribution in [1.29, 1.82) is 0 Å². The van der Waals surface area contributed by atoms with E-state index >= 15 is 0 Å². The number of benzene rings is 3. The highest BCUT2D eigenvalue weighted by Gasteiger charge is 2.38. The minimum absolute atomic E-state index is 0.0922. The second-order valence-electron chi connectivity index (χ2n) is 10.3. The summed E-state index contributed by atoms with van der Waals surface area (Å²) in [6.45, 7) is 6.73. The number of thioether (sulfide) groups is 1. The van der Waals surface area contributed by atoms with Crippen LogP contribution in [0, 0.1) is 13.8 Å². The van der Waals surface area contributed by atoms with Crippen LogP contribution in [0.25, 0.3) is 16.9 Å². The molecule has 3 heterocycles. The first kappa shape index (κ1) is 27.0. The fourth-order valence-corrected chi connectivity index (χ4v) is 6.53. The van der Waals surface area contributed by atoms with Gasteiger partial charge in [-0.15, -0.1) is 11.8 Å². The van der Waals surface area contributed by atoms with Crippen LogP contribution in [-0.4, -0.2) is 47.2 Å². The number of hydrogen-bond acceptors (Lipinski definition) is 6. The van der Waals surface area contributed by atoms with E-state index in [4.69, 9.17) is 14.6 Å². The highest BCUT2D eigenvalue weighted by Crippen LogP contribution is 2.50. The first-order valence-electron chi connectivity index (χ1n) is 13.8. The predicted octanol–water partition coefficient (Wildman–Crippen LogP) is 5.58. The Bertz CT molecular complexity index is 1620. The number of nitrogens with one attached hydrogen (secondary N) is 1. The summed E-state index contributed by atoms with van der Waals surface area (Å²) in [5.74, 6) is 1.85. The van der Waals surface area contributed by atoms with E-state index < -0.39 is 0 Å². The molecule has 41 heavy (non-hydrogen) atoms. The van der Waals surface area contributed by atoms with Crippen LogP contribution in [-0.2, 0) is 9.59 Å². The molecule has 0 bridgehead atoms. The molecule has 0 unspecified atom stereocenters. The number of carbonyl (C=O) groups is 2. The van der Waals surface area contributed by atoms with Gasteiger partial charge in [0.2, 0.25) is 18.6 Å². The summed E-state index contributed by atoms with van der Waals surface area (Å²) >= 11 is 1.53. The van der Waals surface area contributed by atoms with Gasteiger partial charge >= 0.3 is 0 Å². The van der Waals surface area contributed by atoms with Crippen LogP contribution in [0.4, 0.5) is 5.82 Å². The maximum absolute atomic E-state index is 13.9. The Hall–Kier alpha value is -4.24. The molecule has 3 aromatic carbocycles. The highest BCUT2D eigenvalue weighted by atomic mass is 32.2. The van der Waals surface area contributed by atoms with Crippen molar-refractivity contribution >= 4 is 29.4 Å². The van der Waals surface area contributed by atoms with Crippen molar-refractivity contribution in [3.63, 3.8) is 0 Å². The first-order valence-corrected chi connectivity index (χ1v) is 14.8. The van der Waals surface area contributed by atoms with Gasteiger partial charge in [0, 0.05) is 17.7 Å². The summed E-state index contributed by atoms with van der Waals surface area (Å²) in [4.78, 5) is 28.5. The maximum Gasteiger partial charge on any atom is 0.240 e. The molecule has 8 nitrogen and oxygen atoms in total. The SMILES string of the molecule is CCCNC(=O)CN1C(=O)CS[C@H](c2ccc3c(c2)OCO3)c2c(-c3ccccc3)nn(-c3ccc(C)cc3C)c21. The number of hydrogen-bond donors (Lipinski definition) is 1. The van der Waals surface area contributed by atoms with E-state index in [1.165, 1.54) is 11.8 Å². The molecule has 0 radical (unpaired) electrons. The molecule has 0 saturated carbocycles. The quantitative estimate of drug-likeness (QED) is 0.313. The number of carbonyl (C=O) groups excluding carboxylic acids is 2. The molecule has 2 aliphatic heterocycles. The largest absolute Gasteiger partial charge is 0.454 e. The van der Waals surface area contributed by atoms with Gasteiger partial charge in [0.1, 0.15) is 12.4 Å². The van der Waals surface area contributed by atoms with Crippen molar-refractivity contribution < 1.29 is 19.1 Å². The Morgan fingerprint density at radius 1 is 1.05 bits per heavy atom. The van der Waals surface area contributed by atoms with Crippen molar-refractivity contribution in [2.45, 2.75) is 32.4 Å². The zero-order valence-corrected chi connectivity index (χ0v) is 24.2. The Kier molecular flexibility index (Phi) is 7.45. The molecule has 1 atom stereocenters. The minimum Gasteiger partial charge on any atom is -0.454 e. The molecule has 0 aliphatic carbocycles. The molecule has 0 spiro atoms. The summed E-state index contributed by atoms with van der Waals surface area (Å²) in [6, 6.07) is 22.1.